The minimum absolute atomic E-state index is 0.0542. The molecule has 0 bridgehead atoms. The van der Waals surface area contributed by atoms with Crippen LogP contribution in [0.25, 0.3) is 10.5 Å². The number of nitrogens with one attached hydrogen (secondary N) is 1. The van der Waals surface area contributed by atoms with E-state index in [2.05, 4.69) is 26.4 Å². The third kappa shape index (κ3) is 3.26. The Bertz CT molecular complexity index is 1180. The van der Waals surface area contributed by atoms with Crippen molar-refractivity contribution in [2.24, 2.45) is 0 Å². The second-order valence-corrected chi connectivity index (χ2v) is 10.7. The lowest BCUT2D eigenvalue weighted by Crippen LogP contribution is -2.48. The molecule has 1 aliphatic carbocycles. The van der Waals surface area contributed by atoms with E-state index >= 15 is 0 Å². The van der Waals surface area contributed by atoms with E-state index in [-0.39, 0.29) is 12.1 Å². The van der Waals surface area contributed by atoms with E-state index in [1.54, 1.807) is 11.3 Å². The van der Waals surface area contributed by atoms with Gasteiger partial charge >= 0.3 is 0 Å². The molecule has 0 amide bonds. The van der Waals surface area contributed by atoms with Crippen molar-refractivity contribution in [3.05, 3.63) is 29.2 Å². The molecule has 3 aromatic heterocycles. The highest BCUT2D eigenvalue weighted by Crippen LogP contribution is 2.38. The van der Waals surface area contributed by atoms with Gasteiger partial charge in [0.2, 0.25) is 10.9 Å². The molecule has 0 aromatic carbocycles. The van der Waals surface area contributed by atoms with Gasteiger partial charge in [0.05, 0.1) is 28.6 Å². The molecule has 5 heterocycles. The first-order valence-electron chi connectivity index (χ1n) is 10.6. The van der Waals surface area contributed by atoms with Crippen LogP contribution in [-0.2, 0) is 17.2 Å². The van der Waals surface area contributed by atoms with Gasteiger partial charge in [-0.05, 0) is 31.3 Å². The van der Waals surface area contributed by atoms with E-state index in [0.717, 1.165) is 59.2 Å². The highest BCUT2D eigenvalue weighted by Gasteiger charge is 2.39. The molecular formula is C20H23N7O2S2. The Kier molecular flexibility index (Phi) is 4.58. The monoisotopic (exact) mass is 457 g/mol. The fourth-order valence-electron chi connectivity index (χ4n) is 4.41. The third-order valence-corrected chi connectivity index (χ3v) is 8.63. The number of aromatic nitrogens is 5. The van der Waals surface area contributed by atoms with Crippen LogP contribution in [0.3, 0.4) is 0 Å². The van der Waals surface area contributed by atoms with Crippen LogP contribution in [-0.4, -0.2) is 64.9 Å². The first-order chi connectivity index (χ1) is 15.1. The average Bonchev–Trinajstić information content (AvgIpc) is 3.46. The van der Waals surface area contributed by atoms with Crippen molar-refractivity contribution in [2.75, 3.05) is 35.7 Å². The maximum absolute atomic E-state index is 12.6. The molecule has 9 nitrogen and oxygen atoms in total. The summed E-state index contributed by atoms with van der Waals surface area (Å²) < 4.78 is 14.4. The Hall–Kier alpha value is -2.37. The smallest absolute Gasteiger partial charge is 0.227 e. The normalized spacial score (nSPS) is 22.3. The molecule has 1 atom stereocenters. The number of fused-ring (bicyclic) bond motifs is 2. The minimum Gasteiger partial charge on any atom is -0.394 e. The van der Waals surface area contributed by atoms with E-state index < -0.39 is 10.8 Å². The lowest BCUT2D eigenvalue weighted by Gasteiger charge is -2.41. The molecule has 3 aliphatic rings. The van der Waals surface area contributed by atoms with Gasteiger partial charge in [-0.2, -0.15) is 9.97 Å². The summed E-state index contributed by atoms with van der Waals surface area (Å²) >= 11 is 1.58. The predicted molar refractivity (Wildman–Crippen MR) is 120 cm³/mol. The first kappa shape index (κ1) is 19.3. The quantitative estimate of drug-likeness (QED) is 0.598. The van der Waals surface area contributed by atoms with Crippen molar-refractivity contribution in [3.8, 4) is 0 Å². The van der Waals surface area contributed by atoms with Gasteiger partial charge in [0.15, 0.2) is 5.82 Å². The number of thiazole rings is 1. The van der Waals surface area contributed by atoms with Gasteiger partial charge < -0.3 is 15.3 Å². The molecule has 0 radical (unpaired) electrons. The fraction of sp³-hybridized carbons (Fsp3) is 0.500. The zero-order valence-corrected chi connectivity index (χ0v) is 18.6. The van der Waals surface area contributed by atoms with Crippen molar-refractivity contribution in [3.63, 3.8) is 0 Å². The van der Waals surface area contributed by atoms with Crippen LogP contribution in [0.1, 0.15) is 37.2 Å². The van der Waals surface area contributed by atoms with Crippen molar-refractivity contribution < 1.29 is 9.32 Å². The molecule has 162 valence electrons. The van der Waals surface area contributed by atoms with Crippen LogP contribution >= 0.6 is 11.3 Å². The topological polar surface area (TPSA) is 109 Å². The number of aryl methyl sites for hydroxylation is 1. The van der Waals surface area contributed by atoms with Gasteiger partial charge in [-0.15, -0.1) is 16.4 Å². The number of hydrogen-bond donors (Lipinski definition) is 2. The maximum Gasteiger partial charge on any atom is 0.227 e. The molecule has 0 saturated heterocycles. The van der Waals surface area contributed by atoms with Gasteiger partial charge in [-0.3, -0.25) is 4.21 Å². The summed E-state index contributed by atoms with van der Waals surface area (Å²) in [7, 11) is -1.09. The van der Waals surface area contributed by atoms with Gasteiger partial charge in [0.25, 0.3) is 0 Å². The van der Waals surface area contributed by atoms with Crippen molar-refractivity contribution in [2.45, 2.75) is 42.5 Å². The van der Waals surface area contributed by atoms with Crippen LogP contribution < -0.4 is 10.2 Å². The first-order valence-corrected chi connectivity index (χ1v) is 12.8. The molecule has 1 fully saturated rings. The second kappa shape index (κ2) is 7.35. The van der Waals surface area contributed by atoms with Crippen molar-refractivity contribution in [1.29, 1.82) is 0 Å². The van der Waals surface area contributed by atoms with Crippen LogP contribution in [0.15, 0.2) is 22.5 Å². The lowest BCUT2D eigenvalue weighted by atomic mass is 9.77. The molecule has 6 rings (SSSR count). The molecule has 3 aromatic rings. The zero-order chi connectivity index (χ0) is 21.0. The number of anilines is 2. The van der Waals surface area contributed by atoms with Gasteiger partial charge in [0, 0.05) is 36.8 Å². The van der Waals surface area contributed by atoms with Gasteiger partial charge in [-0.25, -0.2) is 9.50 Å². The van der Waals surface area contributed by atoms with Crippen LogP contribution in [0.4, 0.5) is 11.8 Å². The summed E-state index contributed by atoms with van der Waals surface area (Å²) in [6.07, 6.45) is 8.45. The van der Waals surface area contributed by atoms with Crippen LogP contribution in [0.2, 0.25) is 0 Å². The fourth-order valence-corrected chi connectivity index (χ4v) is 6.37. The summed E-state index contributed by atoms with van der Waals surface area (Å²) in [5.41, 5.74) is 1.66. The Morgan fingerprint density at radius 2 is 2.16 bits per heavy atom. The maximum atomic E-state index is 12.6. The largest absolute Gasteiger partial charge is 0.394 e. The molecule has 0 spiro atoms. The Labute approximate surface area is 185 Å². The third-order valence-electron chi connectivity index (χ3n) is 6.43. The molecule has 31 heavy (non-hydrogen) atoms. The summed E-state index contributed by atoms with van der Waals surface area (Å²) in [6.45, 7) is 1.50. The summed E-state index contributed by atoms with van der Waals surface area (Å²) in [5, 5.41) is 19.9. The lowest BCUT2D eigenvalue weighted by molar-refractivity contribution is 0.143. The Morgan fingerprint density at radius 3 is 2.87 bits per heavy atom. The molecule has 11 heteroatoms. The van der Waals surface area contributed by atoms with Crippen molar-refractivity contribution in [1.82, 2.24) is 24.6 Å². The Balaban J connectivity index is 1.28. The van der Waals surface area contributed by atoms with Crippen molar-refractivity contribution >= 4 is 44.4 Å². The summed E-state index contributed by atoms with van der Waals surface area (Å²) in [5.74, 6) is 2.66. The van der Waals surface area contributed by atoms with Crippen LogP contribution in [0.5, 0.6) is 0 Å². The minimum atomic E-state index is -1.09. The summed E-state index contributed by atoms with van der Waals surface area (Å²) in [4.78, 5) is 17.9. The summed E-state index contributed by atoms with van der Waals surface area (Å²) in [6, 6.07) is 0. The molecule has 0 unspecified atom stereocenters. The van der Waals surface area contributed by atoms with E-state index in [1.165, 1.54) is 0 Å². The van der Waals surface area contributed by atoms with E-state index in [9.17, 15) is 9.32 Å². The number of rotatable bonds is 5. The standard InChI is InChI=1S/C20H23N7O2S2/c28-12-20(5-1-6-20)24-17-15-14(4-11-31(15)29)21-18(22-17)26-7-2-13(3-8-26)16-23-19-27(25-16)9-10-30-19/h2,9-10,28H,1,3-8,11-12H2,(H,21,22,24)/t31-/m1/s1. The number of hydrogen-bond acceptors (Lipinski definition) is 9. The van der Waals surface area contributed by atoms with E-state index in [1.807, 2.05) is 16.1 Å². The van der Waals surface area contributed by atoms with Crippen LogP contribution in [0, 0.1) is 0 Å². The predicted octanol–water partition coefficient (Wildman–Crippen LogP) is 1.87. The number of aliphatic hydroxyl groups excluding tert-OH is 1. The number of aliphatic hydroxyl groups is 1. The molecule has 2 aliphatic heterocycles. The van der Waals surface area contributed by atoms with Gasteiger partial charge in [-0.1, -0.05) is 6.08 Å². The Morgan fingerprint density at radius 1 is 1.26 bits per heavy atom. The number of nitrogens with zero attached hydrogens (tertiary/aromatic N) is 6. The highest BCUT2D eigenvalue weighted by molar-refractivity contribution is 7.85. The molecule has 2 N–H and O–H groups in total. The average molecular weight is 458 g/mol. The second-order valence-electron chi connectivity index (χ2n) is 8.36. The van der Waals surface area contributed by atoms with Gasteiger partial charge in [0.1, 0.15) is 10.7 Å². The van der Waals surface area contributed by atoms with E-state index in [0.29, 0.717) is 30.5 Å². The molecular weight excluding hydrogens is 434 g/mol. The SMILES string of the molecule is O=[S@@]1CCc2nc(N3CC=C(c4nc5sccn5n4)CC3)nc(NC3(CO)CCC3)c21. The zero-order valence-electron chi connectivity index (χ0n) is 17.0. The van der Waals surface area contributed by atoms with E-state index in [4.69, 9.17) is 9.97 Å². The molecule has 1 saturated carbocycles. The highest BCUT2D eigenvalue weighted by atomic mass is 32.2.